The van der Waals surface area contributed by atoms with Crippen molar-refractivity contribution in [2.45, 2.75) is 0 Å². The third-order valence-electron chi connectivity index (χ3n) is 1.57. The maximum absolute atomic E-state index is 11.5. The standard InChI is InChI=1S/C7H4NO2PS2/c9-7-5-3-1-2-4-6(5)12-8(7)13-11-10/h1-4H. The van der Waals surface area contributed by atoms with Crippen molar-refractivity contribution in [1.82, 2.24) is 3.36 Å². The maximum atomic E-state index is 11.5. The number of rotatable bonds is 0. The van der Waals surface area contributed by atoms with Crippen molar-refractivity contribution in [2.24, 2.45) is 0 Å². The summed E-state index contributed by atoms with van der Waals surface area (Å²) in [5.41, 5.74) is -0.0889. The third kappa shape index (κ3) is 1.55. The molecule has 0 unspecified atom stereocenters. The molecule has 2 rings (SSSR count). The molecule has 1 aromatic carbocycles. The normalized spacial score (nSPS) is 10.2. The Morgan fingerprint density at radius 1 is 1.38 bits per heavy atom. The minimum atomic E-state index is -0.110. The van der Waals surface area contributed by atoms with E-state index in [-0.39, 0.29) is 12.6 Å². The average molecular weight is 229 g/mol. The van der Waals surface area contributed by atoms with Crippen molar-refractivity contribution in [3.63, 3.8) is 0 Å². The van der Waals surface area contributed by atoms with Crippen molar-refractivity contribution < 1.29 is 4.57 Å². The van der Waals surface area contributed by atoms with E-state index in [2.05, 4.69) is 0 Å². The van der Waals surface area contributed by atoms with Crippen molar-refractivity contribution >= 4 is 39.6 Å². The van der Waals surface area contributed by atoms with Gasteiger partial charge in [0.1, 0.15) is 0 Å². The molecule has 0 bridgehead atoms. The zero-order chi connectivity index (χ0) is 9.26. The topological polar surface area (TPSA) is 39.1 Å². The average Bonchev–Trinajstić information content (AvgIpc) is 2.46. The fraction of sp³-hybridized carbons (Fsp3) is 0. The van der Waals surface area contributed by atoms with Crippen molar-refractivity contribution in [2.75, 3.05) is 0 Å². The minimum absolute atomic E-state index is 0.0889. The molecule has 0 saturated heterocycles. The molecule has 0 atom stereocenters. The summed E-state index contributed by atoms with van der Waals surface area (Å²) < 4.78 is 12.6. The number of hydrogen-bond donors (Lipinski definition) is 0. The predicted octanol–water partition coefficient (Wildman–Crippen LogP) is 2.77. The fourth-order valence-corrected chi connectivity index (χ4v) is 3.35. The van der Waals surface area contributed by atoms with Crippen LogP contribution in [-0.4, -0.2) is 3.36 Å². The molecule has 0 radical (unpaired) electrons. The summed E-state index contributed by atoms with van der Waals surface area (Å²) in [5, 5.41) is 0.684. The Kier molecular flexibility index (Phi) is 2.49. The zero-order valence-electron chi connectivity index (χ0n) is 6.34. The zero-order valence-corrected chi connectivity index (χ0v) is 8.86. The van der Waals surface area contributed by atoms with Crippen LogP contribution in [0.15, 0.2) is 29.1 Å². The first kappa shape index (κ1) is 8.94. The molecule has 0 saturated carbocycles. The summed E-state index contributed by atoms with van der Waals surface area (Å²) in [6, 6.07) is 7.34. The van der Waals surface area contributed by atoms with E-state index in [1.54, 1.807) is 6.07 Å². The third-order valence-corrected chi connectivity index (χ3v) is 4.31. The molecule has 0 N–H and O–H groups in total. The molecule has 66 valence electrons. The van der Waals surface area contributed by atoms with Crippen LogP contribution in [0.3, 0.4) is 0 Å². The van der Waals surface area contributed by atoms with Crippen LogP contribution in [0, 0.1) is 0 Å². The van der Waals surface area contributed by atoms with Gasteiger partial charge in [0.15, 0.2) is 0 Å². The summed E-state index contributed by atoms with van der Waals surface area (Å²) in [5.74, 6) is 0. The molecule has 2 aromatic rings. The van der Waals surface area contributed by atoms with E-state index in [0.29, 0.717) is 5.39 Å². The molecular weight excluding hydrogens is 225 g/mol. The first-order valence-electron chi connectivity index (χ1n) is 3.44. The number of aromatic nitrogens is 1. The molecule has 6 heteroatoms. The number of fused-ring (bicyclic) bond motifs is 1. The Bertz CT molecular complexity index is 610. The van der Waals surface area contributed by atoms with E-state index in [0.717, 1.165) is 15.6 Å². The van der Waals surface area contributed by atoms with Gasteiger partial charge in [0.2, 0.25) is 0 Å². The van der Waals surface area contributed by atoms with Gasteiger partial charge in [-0.3, -0.25) is 0 Å². The first-order valence-corrected chi connectivity index (χ1v) is 6.40. The van der Waals surface area contributed by atoms with E-state index in [4.69, 9.17) is 0 Å². The van der Waals surface area contributed by atoms with Crippen LogP contribution in [0.5, 0.6) is 0 Å². The molecule has 0 fully saturated rings. The van der Waals surface area contributed by atoms with Crippen molar-refractivity contribution in [1.29, 1.82) is 0 Å². The van der Waals surface area contributed by atoms with Crippen LogP contribution < -0.4 is 5.56 Å². The Hall–Kier alpha value is -0.640. The van der Waals surface area contributed by atoms with Crippen LogP contribution in [0.1, 0.15) is 0 Å². The monoisotopic (exact) mass is 229 g/mol. The first-order chi connectivity index (χ1) is 6.33. The molecule has 0 spiro atoms. The molecule has 1 aromatic heterocycles. The number of nitrogens with zero attached hydrogens (tertiary/aromatic N) is 1. The van der Waals surface area contributed by atoms with Crippen molar-refractivity contribution in [3.05, 3.63) is 34.6 Å². The van der Waals surface area contributed by atoms with Gasteiger partial charge in [-0.1, -0.05) is 0 Å². The summed E-state index contributed by atoms with van der Waals surface area (Å²) in [7, 11) is 0.857. The van der Waals surface area contributed by atoms with Crippen LogP contribution in [0.4, 0.5) is 0 Å². The molecule has 0 amide bonds. The van der Waals surface area contributed by atoms with E-state index in [1.165, 1.54) is 14.9 Å². The van der Waals surface area contributed by atoms with Crippen LogP contribution in [0.2, 0.25) is 0 Å². The molecule has 0 aliphatic heterocycles. The van der Waals surface area contributed by atoms with Gasteiger partial charge in [-0.25, -0.2) is 0 Å². The molecule has 0 aliphatic carbocycles. The SMILES string of the molecule is O=P#Sn1sc2ccccc2c1=O. The second kappa shape index (κ2) is 3.62. The second-order valence-electron chi connectivity index (χ2n) is 2.31. The van der Waals surface area contributed by atoms with E-state index >= 15 is 0 Å². The van der Waals surface area contributed by atoms with Gasteiger partial charge in [0.05, 0.1) is 0 Å². The van der Waals surface area contributed by atoms with Gasteiger partial charge in [-0.15, -0.1) is 0 Å². The fourth-order valence-electron chi connectivity index (χ4n) is 1.04. The predicted molar refractivity (Wildman–Crippen MR) is 56.7 cm³/mol. The van der Waals surface area contributed by atoms with Gasteiger partial charge in [0, 0.05) is 0 Å². The van der Waals surface area contributed by atoms with E-state index < -0.39 is 0 Å². The van der Waals surface area contributed by atoms with Gasteiger partial charge in [-0.2, -0.15) is 0 Å². The van der Waals surface area contributed by atoms with Gasteiger partial charge in [0.25, 0.3) is 0 Å². The summed E-state index contributed by atoms with van der Waals surface area (Å²) in [6.45, 7) is 0. The molecule has 1 heterocycles. The Labute approximate surface area is 82.3 Å². The number of hydrogen-bond acceptors (Lipinski definition) is 3. The molecular formula is C7H4NO2PS2. The molecule has 3 nitrogen and oxygen atoms in total. The van der Waals surface area contributed by atoms with Gasteiger partial charge < -0.3 is 0 Å². The van der Waals surface area contributed by atoms with E-state index in [9.17, 15) is 9.36 Å². The quantitative estimate of drug-likeness (QED) is 0.651. The summed E-state index contributed by atoms with van der Waals surface area (Å²) in [4.78, 5) is 11.5. The van der Waals surface area contributed by atoms with Crippen LogP contribution >= 0.6 is 29.5 Å². The van der Waals surface area contributed by atoms with Crippen molar-refractivity contribution in [3.8, 4) is 0 Å². The summed E-state index contributed by atoms with van der Waals surface area (Å²) in [6.07, 6.45) is 0. The van der Waals surface area contributed by atoms with E-state index in [1.807, 2.05) is 18.2 Å². The van der Waals surface area contributed by atoms with Crippen LogP contribution in [0.25, 0.3) is 10.1 Å². The second-order valence-corrected chi connectivity index (χ2v) is 5.14. The molecule has 13 heavy (non-hydrogen) atoms. The van der Waals surface area contributed by atoms with Crippen LogP contribution in [-0.2, 0) is 4.57 Å². The Morgan fingerprint density at radius 3 is 2.85 bits per heavy atom. The van der Waals surface area contributed by atoms with Gasteiger partial charge >= 0.3 is 82.1 Å². The Balaban J connectivity index is 2.94. The van der Waals surface area contributed by atoms with Gasteiger partial charge in [-0.05, 0) is 0 Å². The summed E-state index contributed by atoms with van der Waals surface area (Å²) >= 11 is 1.31. The Morgan fingerprint density at radius 2 is 2.15 bits per heavy atom. The number of benzene rings is 1. The molecule has 0 aliphatic rings.